The lowest BCUT2D eigenvalue weighted by atomic mass is 9.96. The standard InChI is InChI=1S/C46H73N13O13S/c1-7-23(4)37(58-42(68)30(54-38(64)24(5)47)18-26-10-12-27(60)13-11-26)45(71)57-32(21-73)43(69)53-28(14-15-34(48)61)40(66)55-31(19-35(49)62)41(67)52-25(6)46(72)59-16-8-9-33(59)44(70)56-29(17-22(2)3)39(65)51-20-36(50)63/h10-13,22-25,28-33,37,60,73H,7-9,14-21,47H2,1-6H3,(H2,48,61)(H2,49,62)(H2,50,63)(H,51,65)(H,52,67)(H,53,69)(H,54,64)(H,55,66)(H,56,70)(H,57,71)(H,58,68)/t23-,24-,25-,28-,29-,30-,31-,32-,33-,37-/m0/s1. The maximum atomic E-state index is 13.9. The third-order valence-corrected chi connectivity index (χ3v) is 12.1. The van der Waals surface area contributed by atoms with Gasteiger partial charge in [0.15, 0.2) is 0 Å². The lowest BCUT2D eigenvalue weighted by Crippen LogP contribution is -2.61. The van der Waals surface area contributed by atoms with E-state index >= 15 is 0 Å². The van der Waals surface area contributed by atoms with Crippen LogP contribution in [0.5, 0.6) is 5.75 Å². The zero-order chi connectivity index (χ0) is 55.3. The summed E-state index contributed by atoms with van der Waals surface area (Å²) in [6.45, 7) is 9.38. The van der Waals surface area contributed by atoms with Crippen molar-refractivity contribution in [2.45, 2.75) is 147 Å². The fraction of sp³-hybridized carbons (Fsp3) is 0.609. The van der Waals surface area contributed by atoms with E-state index in [0.717, 1.165) is 0 Å². The summed E-state index contributed by atoms with van der Waals surface area (Å²) >= 11 is 4.22. The summed E-state index contributed by atoms with van der Waals surface area (Å²) < 4.78 is 0. The molecule has 1 saturated heterocycles. The fourth-order valence-electron chi connectivity index (χ4n) is 7.50. The fourth-order valence-corrected chi connectivity index (χ4v) is 7.75. The Labute approximate surface area is 428 Å². The number of phenols is 1. The number of carbonyl (C=O) groups is 12. The average Bonchev–Trinajstić information content (AvgIpc) is 3.82. The predicted molar refractivity (Wildman–Crippen MR) is 267 cm³/mol. The molecular weight excluding hydrogens is 975 g/mol. The van der Waals surface area contributed by atoms with Crippen LogP contribution in [-0.2, 0) is 64.0 Å². The zero-order valence-corrected chi connectivity index (χ0v) is 42.9. The molecule has 0 bridgehead atoms. The molecule has 10 atom stereocenters. The van der Waals surface area contributed by atoms with Crippen molar-refractivity contribution in [1.29, 1.82) is 0 Å². The first-order chi connectivity index (χ1) is 34.2. The first-order valence-electron chi connectivity index (χ1n) is 23.9. The predicted octanol–water partition coefficient (Wildman–Crippen LogP) is -4.55. The molecule has 0 unspecified atom stereocenters. The van der Waals surface area contributed by atoms with Crippen molar-refractivity contribution in [2.24, 2.45) is 34.8 Å². The third-order valence-electron chi connectivity index (χ3n) is 11.7. The molecule has 0 aromatic heterocycles. The second-order valence-electron chi connectivity index (χ2n) is 18.4. The Morgan fingerprint density at radius 2 is 1.23 bits per heavy atom. The average molecular weight is 1050 g/mol. The van der Waals surface area contributed by atoms with E-state index in [9.17, 15) is 62.6 Å². The quantitative estimate of drug-likeness (QED) is 0.0323. The number of phenolic OH excluding ortho intramolecular Hbond substituents is 1. The number of benzene rings is 1. The van der Waals surface area contributed by atoms with E-state index in [2.05, 4.69) is 55.2 Å². The van der Waals surface area contributed by atoms with Crippen molar-refractivity contribution in [1.82, 2.24) is 47.4 Å². The van der Waals surface area contributed by atoms with Crippen LogP contribution in [0.3, 0.4) is 0 Å². The zero-order valence-electron chi connectivity index (χ0n) is 42.0. The van der Waals surface area contributed by atoms with E-state index in [1.54, 1.807) is 26.0 Å². The van der Waals surface area contributed by atoms with E-state index in [4.69, 9.17) is 22.9 Å². The Bertz CT molecular complexity index is 2160. The number of carbonyl (C=O) groups excluding carboxylic acids is 12. The third kappa shape index (κ3) is 20.9. The Balaban J connectivity index is 2.27. The lowest BCUT2D eigenvalue weighted by Gasteiger charge is -2.30. The van der Waals surface area contributed by atoms with Gasteiger partial charge in [-0.1, -0.05) is 46.2 Å². The molecule has 1 fully saturated rings. The molecule has 27 heteroatoms. The van der Waals surface area contributed by atoms with Gasteiger partial charge in [-0.15, -0.1) is 0 Å². The van der Waals surface area contributed by atoms with Crippen molar-refractivity contribution < 1.29 is 62.6 Å². The molecule has 0 aliphatic carbocycles. The number of primary amides is 3. The van der Waals surface area contributed by atoms with Crippen molar-refractivity contribution in [3.8, 4) is 5.75 Å². The van der Waals surface area contributed by atoms with Gasteiger partial charge in [0.1, 0.15) is 54.1 Å². The van der Waals surface area contributed by atoms with Gasteiger partial charge in [0.05, 0.1) is 19.0 Å². The number of hydrogen-bond donors (Lipinski definition) is 14. The minimum absolute atomic E-state index is 0.0304. The normalized spacial score (nSPS) is 16.8. The molecule has 1 aromatic carbocycles. The minimum atomic E-state index is -1.75. The van der Waals surface area contributed by atoms with E-state index in [-0.39, 0.29) is 43.2 Å². The van der Waals surface area contributed by atoms with Crippen LogP contribution in [0, 0.1) is 11.8 Å². The minimum Gasteiger partial charge on any atom is -0.508 e. The van der Waals surface area contributed by atoms with Crippen molar-refractivity contribution >= 4 is 83.5 Å². The highest BCUT2D eigenvalue weighted by Gasteiger charge is 2.39. The van der Waals surface area contributed by atoms with Crippen molar-refractivity contribution in [3.05, 3.63) is 29.8 Å². The lowest BCUT2D eigenvalue weighted by molar-refractivity contribution is -0.142. The number of nitrogens with zero attached hydrogens (tertiary/aromatic N) is 1. The molecule has 1 aliphatic rings. The Morgan fingerprint density at radius 3 is 1.78 bits per heavy atom. The van der Waals surface area contributed by atoms with Crippen molar-refractivity contribution in [2.75, 3.05) is 18.8 Å². The van der Waals surface area contributed by atoms with E-state index in [1.807, 2.05) is 13.8 Å². The van der Waals surface area contributed by atoms with Gasteiger partial charge < -0.3 is 75.5 Å². The first kappa shape index (κ1) is 62.1. The van der Waals surface area contributed by atoms with E-state index in [1.165, 1.54) is 30.9 Å². The number of hydrogen-bond acceptors (Lipinski definition) is 15. The van der Waals surface area contributed by atoms with Crippen LogP contribution in [-0.4, -0.2) is 154 Å². The largest absolute Gasteiger partial charge is 0.508 e. The highest BCUT2D eigenvalue weighted by atomic mass is 32.1. The number of amides is 12. The topological polar surface area (TPSA) is 429 Å². The highest BCUT2D eigenvalue weighted by molar-refractivity contribution is 7.80. The Hall–Kier alpha value is -7.03. The Morgan fingerprint density at radius 1 is 0.671 bits per heavy atom. The molecule has 2 rings (SSSR count). The van der Waals surface area contributed by atoms with E-state index < -0.39 is 157 Å². The van der Waals surface area contributed by atoms with Gasteiger partial charge in [0.25, 0.3) is 0 Å². The molecule has 0 spiro atoms. The van der Waals surface area contributed by atoms with E-state index in [0.29, 0.717) is 18.4 Å². The van der Waals surface area contributed by atoms with Gasteiger partial charge in [-0.25, -0.2) is 0 Å². The first-order valence-corrected chi connectivity index (χ1v) is 24.5. The molecular formula is C46H73N13O13S. The van der Waals surface area contributed by atoms with Gasteiger partial charge in [-0.2, -0.15) is 12.6 Å². The van der Waals surface area contributed by atoms with Crippen LogP contribution >= 0.6 is 12.6 Å². The van der Waals surface area contributed by atoms with Crippen LogP contribution in [0.1, 0.15) is 92.1 Å². The van der Waals surface area contributed by atoms with Gasteiger partial charge in [0, 0.05) is 25.1 Å². The molecule has 0 saturated carbocycles. The summed E-state index contributed by atoms with van der Waals surface area (Å²) in [7, 11) is 0. The molecule has 1 heterocycles. The van der Waals surface area contributed by atoms with Gasteiger partial charge in [0.2, 0.25) is 70.9 Å². The van der Waals surface area contributed by atoms with Gasteiger partial charge >= 0.3 is 0 Å². The number of likely N-dealkylation sites (tertiary alicyclic amines) is 1. The summed E-state index contributed by atoms with van der Waals surface area (Å²) in [5, 5.41) is 29.6. The van der Waals surface area contributed by atoms with Crippen molar-refractivity contribution in [3.63, 3.8) is 0 Å². The molecule has 17 N–H and O–H groups in total. The number of nitrogens with two attached hydrogens (primary N) is 4. The maximum absolute atomic E-state index is 13.9. The van der Waals surface area contributed by atoms with Gasteiger partial charge in [-0.05, 0) is 69.1 Å². The summed E-state index contributed by atoms with van der Waals surface area (Å²) in [4.78, 5) is 158. The molecule has 26 nitrogen and oxygen atoms in total. The molecule has 0 radical (unpaired) electrons. The summed E-state index contributed by atoms with van der Waals surface area (Å²) in [6.07, 6.45) is -0.626. The SMILES string of the molecule is CC[C@H](C)[C@H](NC(=O)[C@H](Cc1ccc(O)cc1)NC(=O)[C@H](C)N)C(=O)N[C@@H](CS)C(=O)N[C@@H](CCC(N)=O)C(=O)N[C@@H](CC(N)=O)C(=O)N[C@@H](C)C(=O)N1CCC[C@H]1C(=O)N[C@@H](CC(C)C)C(=O)NCC(N)=O. The summed E-state index contributed by atoms with van der Waals surface area (Å²) in [5.74, 6) is -11.2. The smallest absolute Gasteiger partial charge is 0.245 e. The van der Waals surface area contributed by atoms with Gasteiger partial charge in [-0.3, -0.25) is 57.5 Å². The van der Waals surface area contributed by atoms with Crippen LogP contribution in [0.15, 0.2) is 24.3 Å². The van der Waals surface area contributed by atoms with Crippen LogP contribution in [0.2, 0.25) is 0 Å². The second kappa shape index (κ2) is 30.1. The summed E-state index contributed by atoms with van der Waals surface area (Å²) in [5.41, 5.74) is 22.2. The molecule has 1 aromatic rings. The maximum Gasteiger partial charge on any atom is 0.245 e. The molecule has 12 amide bonds. The number of rotatable bonds is 30. The molecule has 73 heavy (non-hydrogen) atoms. The molecule has 406 valence electrons. The molecule has 1 aliphatic heterocycles. The number of thiol groups is 1. The van der Waals surface area contributed by atoms with Crippen LogP contribution in [0.4, 0.5) is 0 Å². The Kier molecular flexibility index (Phi) is 25.6. The second-order valence-corrected chi connectivity index (χ2v) is 18.8. The van der Waals surface area contributed by atoms with Crippen LogP contribution < -0.4 is 65.5 Å². The highest BCUT2D eigenvalue weighted by Crippen LogP contribution is 2.20. The van der Waals surface area contributed by atoms with Crippen LogP contribution in [0.25, 0.3) is 0 Å². The number of aromatic hydroxyl groups is 1. The monoisotopic (exact) mass is 1050 g/mol. The number of nitrogens with one attached hydrogen (secondary N) is 8. The summed E-state index contributed by atoms with van der Waals surface area (Å²) in [6, 6.07) is -5.99.